The summed E-state index contributed by atoms with van der Waals surface area (Å²) in [6.45, 7) is 1.78. The van der Waals surface area contributed by atoms with E-state index in [2.05, 4.69) is 26.2 Å². The Hall–Kier alpha value is -3.45. The van der Waals surface area contributed by atoms with Crippen molar-refractivity contribution in [1.29, 1.82) is 0 Å². The smallest absolute Gasteiger partial charge is 0.265 e. The van der Waals surface area contributed by atoms with E-state index in [1.807, 2.05) is 18.2 Å². The van der Waals surface area contributed by atoms with Crippen molar-refractivity contribution in [2.75, 3.05) is 12.4 Å². The molecular weight excluding hydrogens is 446 g/mol. The van der Waals surface area contributed by atoms with Crippen LogP contribution in [0.3, 0.4) is 0 Å². The standard InChI is InChI=1S/C23H18BrN3O3/c1-14-25-19-6-4-3-5-18(19)23(29)27(14)17-11-12-20(21(13-17)30-2)26-22(28)15-7-9-16(24)10-8-15/h3-13H,1-2H3,(H,26,28). The maximum atomic E-state index is 13.0. The largest absolute Gasteiger partial charge is 0.494 e. The van der Waals surface area contributed by atoms with Crippen LogP contribution in [0.25, 0.3) is 16.6 Å². The van der Waals surface area contributed by atoms with E-state index in [0.29, 0.717) is 39.4 Å². The van der Waals surface area contributed by atoms with Gasteiger partial charge in [-0.15, -0.1) is 0 Å². The van der Waals surface area contributed by atoms with Crippen molar-refractivity contribution in [3.8, 4) is 11.4 Å². The first-order chi connectivity index (χ1) is 14.5. The molecule has 30 heavy (non-hydrogen) atoms. The number of fused-ring (bicyclic) bond motifs is 1. The van der Waals surface area contributed by atoms with Gasteiger partial charge in [-0.2, -0.15) is 0 Å². The van der Waals surface area contributed by atoms with Crippen LogP contribution < -0.4 is 15.6 Å². The molecule has 0 atom stereocenters. The Balaban J connectivity index is 1.73. The van der Waals surface area contributed by atoms with Crippen molar-refractivity contribution in [2.45, 2.75) is 6.92 Å². The summed E-state index contributed by atoms with van der Waals surface area (Å²) in [4.78, 5) is 30.1. The van der Waals surface area contributed by atoms with E-state index in [4.69, 9.17) is 4.74 Å². The Morgan fingerprint density at radius 3 is 2.53 bits per heavy atom. The molecule has 6 nitrogen and oxygen atoms in total. The zero-order valence-electron chi connectivity index (χ0n) is 16.3. The molecule has 0 aliphatic heterocycles. The number of methoxy groups -OCH3 is 1. The predicted octanol–water partition coefficient (Wildman–Crippen LogP) is 4.72. The topological polar surface area (TPSA) is 73.2 Å². The third kappa shape index (κ3) is 3.71. The van der Waals surface area contributed by atoms with Gasteiger partial charge < -0.3 is 10.1 Å². The molecule has 0 fully saturated rings. The van der Waals surface area contributed by atoms with Crippen LogP contribution in [-0.4, -0.2) is 22.6 Å². The second kappa shape index (κ2) is 8.12. The molecule has 3 aromatic carbocycles. The summed E-state index contributed by atoms with van der Waals surface area (Å²) in [5.74, 6) is 0.749. The minimum absolute atomic E-state index is 0.160. The quantitative estimate of drug-likeness (QED) is 0.475. The second-order valence-electron chi connectivity index (χ2n) is 6.66. The molecule has 0 saturated heterocycles. The van der Waals surface area contributed by atoms with Crippen LogP contribution in [0.1, 0.15) is 16.2 Å². The summed E-state index contributed by atoms with van der Waals surface area (Å²) in [5, 5.41) is 3.39. The van der Waals surface area contributed by atoms with Gasteiger partial charge in [0.25, 0.3) is 11.5 Å². The number of carbonyl (C=O) groups is 1. The van der Waals surface area contributed by atoms with Gasteiger partial charge in [-0.25, -0.2) is 4.98 Å². The van der Waals surface area contributed by atoms with E-state index in [0.717, 1.165) is 4.47 Å². The lowest BCUT2D eigenvalue weighted by Crippen LogP contribution is -2.22. The number of amides is 1. The van der Waals surface area contributed by atoms with E-state index in [1.165, 1.54) is 11.7 Å². The molecule has 0 spiro atoms. The fraction of sp³-hybridized carbons (Fsp3) is 0.0870. The van der Waals surface area contributed by atoms with Crippen LogP contribution in [0.15, 0.2) is 76.0 Å². The summed E-state index contributed by atoms with van der Waals surface area (Å²) in [6.07, 6.45) is 0. The summed E-state index contributed by atoms with van der Waals surface area (Å²) < 4.78 is 7.90. The first-order valence-corrected chi connectivity index (χ1v) is 10.0. The number of aromatic nitrogens is 2. The first kappa shape index (κ1) is 19.8. The molecule has 1 aromatic heterocycles. The minimum atomic E-state index is -0.255. The molecule has 0 radical (unpaired) electrons. The number of rotatable bonds is 4. The second-order valence-corrected chi connectivity index (χ2v) is 7.58. The van der Waals surface area contributed by atoms with E-state index < -0.39 is 0 Å². The molecule has 1 N–H and O–H groups in total. The Morgan fingerprint density at radius 1 is 1.07 bits per heavy atom. The van der Waals surface area contributed by atoms with E-state index in [1.54, 1.807) is 55.5 Å². The zero-order valence-corrected chi connectivity index (χ0v) is 17.9. The maximum Gasteiger partial charge on any atom is 0.265 e. The van der Waals surface area contributed by atoms with Crippen molar-refractivity contribution in [2.24, 2.45) is 0 Å². The Morgan fingerprint density at radius 2 is 1.80 bits per heavy atom. The number of hydrogen-bond acceptors (Lipinski definition) is 4. The highest BCUT2D eigenvalue weighted by atomic mass is 79.9. The molecule has 0 unspecified atom stereocenters. The number of benzene rings is 3. The van der Waals surface area contributed by atoms with E-state index in [9.17, 15) is 9.59 Å². The highest BCUT2D eigenvalue weighted by molar-refractivity contribution is 9.10. The van der Waals surface area contributed by atoms with Crippen LogP contribution in [0, 0.1) is 6.92 Å². The Bertz CT molecular complexity index is 1310. The molecule has 7 heteroatoms. The van der Waals surface area contributed by atoms with Crippen LogP contribution >= 0.6 is 15.9 Å². The average molecular weight is 464 g/mol. The van der Waals surface area contributed by atoms with Gasteiger partial charge in [-0.05, 0) is 55.5 Å². The SMILES string of the molecule is COc1cc(-n2c(C)nc3ccccc3c2=O)ccc1NC(=O)c1ccc(Br)cc1. The number of hydrogen-bond donors (Lipinski definition) is 1. The lowest BCUT2D eigenvalue weighted by atomic mass is 10.2. The Labute approximate surface area is 181 Å². The number of carbonyl (C=O) groups excluding carboxylic acids is 1. The number of nitrogens with zero attached hydrogens (tertiary/aromatic N) is 2. The van der Waals surface area contributed by atoms with Crippen LogP contribution in [0.2, 0.25) is 0 Å². The average Bonchev–Trinajstić information content (AvgIpc) is 2.75. The molecule has 1 heterocycles. The third-order valence-electron chi connectivity index (χ3n) is 4.74. The van der Waals surface area contributed by atoms with Crippen molar-refractivity contribution in [1.82, 2.24) is 9.55 Å². The normalized spacial score (nSPS) is 10.8. The van der Waals surface area contributed by atoms with Crippen molar-refractivity contribution >= 4 is 38.4 Å². The molecule has 0 aliphatic rings. The maximum absolute atomic E-state index is 13.0. The number of para-hydroxylation sites is 1. The molecule has 4 rings (SSSR count). The number of anilines is 1. The summed E-state index contributed by atoms with van der Waals surface area (Å²) in [5.41, 5.74) is 2.13. The summed E-state index contributed by atoms with van der Waals surface area (Å²) in [6, 6.07) is 19.5. The molecular formula is C23H18BrN3O3. The molecule has 4 aromatic rings. The minimum Gasteiger partial charge on any atom is -0.494 e. The van der Waals surface area contributed by atoms with Gasteiger partial charge in [0.05, 0.1) is 29.4 Å². The number of nitrogens with one attached hydrogen (secondary N) is 1. The van der Waals surface area contributed by atoms with Crippen molar-refractivity contribution in [3.63, 3.8) is 0 Å². The molecule has 0 saturated carbocycles. The van der Waals surface area contributed by atoms with Gasteiger partial charge in [0.15, 0.2) is 0 Å². The summed E-state index contributed by atoms with van der Waals surface area (Å²) in [7, 11) is 1.52. The number of ether oxygens (including phenoxy) is 1. The van der Waals surface area contributed by atoms with Gasteiger partial charge in [0, 0.05) is 16.1 Å². The zero-order chi connectivity index (χ0) is 21.3. The van der Waals surface area contributed by atoms with Gasteiger partial charge in [-0.1, -0.05) is 28.1 Å². The molecule has 150 valence electrons. The van der Waals surface area contributed by atoms with Crippen molar-refractivity contribution < 1.29 is 9.53 Å². The van der Waals surface area contributed by atoms with Gasteiger partial charge in [0.2, 0.25) is 0 Å². The van der Waals surface area contributed by atoms with Gasteiger partial charge in [-0.3, -0.25) is 14.2 Å². The van der Waals surface area contributed by atoms with Crippen LogP contribution in [0.4, 0.5) is 5.69 Å². The highest BCUT2D eigenvalue weighted by Crippen LogP contribution is 2.28. The first-order valence-electron chi connectivity index (χ1n) is 9.21. The highest BCUT2D eigenvalue weighted by Gasteiger charge is 2.14. The van der Waals surface area contributed by atoms with Crippen LogP contribution in [0.5, 0.6) is 5.75 Å². The molecule has 1 amide bonds. The lowest BCUT2D eigenvalue weighted by Gasteiger charge is -2.15. The van der Waals surface area contributed by atoms with Crippen LogP contribution in [-0.2, 0) is 0 Å². The fourth-order valence-corrected chi connectivity index (χ4v) is 3.53. The molecule has 0 bridgehead atoms. The predicted molar refractivity (Wildman–Crippen MR) is 121 cm³/mol. The fourth-order valence-electron chi connectivity index (χ4n) is 3.27. The molecule has 0 aliphatic carbocycles. The van der Waals surface area contributed by atoms with Crippen molar-refractivity contribution in [3.05, 3.63) is 92.9 Å². The lowest BCUT2D eigenvalue weighted by molar-refractivity contribution is 0.102. The monoisotopic (exact) mass is 463 g/mol. The van der Waals surface area contributed by atoms with E-state index >= 15 is 0 Å². The van der Waals surface area contributed by atoms with Gasteiger partial charge >= 0.3 is 0 Å². The number of halogens is 1. The van der Waals surface area contributed by atoms with E-state index in [-0.39, 0.29) is 11.5 Å². The Kier molecular flexibility index (Phi) is 5.37. The summed E-state index contributed by atoms with van der Waals surface area (Å²) >= 11 is 3.36. The number of aryl methyl sites for hydroxylation is 1. The van der Waals surface area contributed by atoms with Gasteiger partial charge in [0.1, 0.15) is 11.6 Å². The third-order valence-corrected chi connectivity index (χ3v) is 5.27.